The minimum Gasteiger partial charge on any atom is -0.497 e. The Balaban J connectivity index is 1.48. The van der Waals surface area contributed by atoms with Crippen LogP contribution in [0.4, 0.5) is 11.6 Å². The third-order valence-electron chi connectivity index (χ3n) is 7.97. The SMILES string of the molecule is CCc1ccncc1-c1cc2cc(NC(=O)C3CC3O)ncc2c(N(Cc2ccc(OC)cc2)Cc2ccc(OC)cc2)n1. The quantitative estimate of drug-likeness (QED) is 0.199. The molecule has 1 aliphatic rings. The molecule has 2 N–H and O–H groups in total. The number of aryl methyl sites for hydroxylation is 1. The van der Waals surface area contributed by atoms with Crippen LogP contribution in [-0.2, 0) is 24.3 Å². The van der Waals surface area contributed by atoms with Gasteiger partial charge in [-0.2, -0.15) is 0 Å². The molecule has 1 amide bonds. The lowest BCUT2D eigenvalue weighted by Gasteiger charge is -2.26. The number of carbonyl (C=O) groups is 1. The number of hydrogen-bond acceptors (Lipinski definition) is 8. The van der Waals surface area contributed by atoms with Crippen molar-refractivity contribution in [3.05, 3.63) is 102 Å². The van der Waals surface area contributed by atoms with Crippen molar-refractivity contribution in [1.29, 1.82) is 0 Å². The van der Waals surface area contributed by atoms with E-state index in [4.69, 9.17) is 14.5 Å². The highest BCUT2D eigenvalue weighted by Gasteiger charge is 2.41. The molecule has 0 spiro atoms. The molecule has 0 bridgehead atoms. The molecular weight excluding hydrogens is 554 g/mol. The van der Waals surface area contributed by atoms with E-state index in [0.29, 0.717) is 25.3 Å². The summed E-state index contributed by atoms with van der Waals surface area (Å²) < 4.78 is 10.8. The van der Waals surface area contributed by atoms with Gasteiger partial charge in [0, 0.05) is 42.6 Å². The minimum absolute atomic E-state index is 0.222. The third kappa shape index (κ3) is 6.33. The second-order valence-electron chi connectivity index (χ2n) is 11.0. The van der Waals surface area contributed by atoms with Crippen LogP contribution in [0.25, 0.3) is 22.0 Å². The maximum atomic E-state index is 12.6. The van der Waals surface area contributed by atoms with Gasteiger partial charge in [-0.25, -0.2) is 9.97 Å². The van der Waals surface area contributed by atoms with Gasteiger partial charge in [0.2, 0.25) is 5.91 Å². The molecule has 2 atom stereocenters. The number of amides is 1. The van der Waals surface area contributed by atoms with Crippen molar-refractivity contribution in [2.24, 2.45) is 5.92 Å². The molecule has 6 rings (SSSR count). The van der Waals surface area contributed by atoms with E-state index in [0.717, 1.165) is 62.5 Å². The normalized spacial score (nSPS) is 15.5. The van der Waals surface area contributed by atoms with Crippen LogP contribution in [-0.4, -0.2) is 46.3 Å². The molecule has 1 aliphatic carbocycles. The summed E-state index contributed by atoms with van der Waals surface area (Å²) in [6.07, 6.45) is 6.14. The maximum Gasteiger partial charge on any atom is 0.231 e. The molecule has 0 radical (unpaired) electrons. The lowest BCUT2D eigenvalue weighted by Crippen LogP contribution is -2.24. The summed E-state index contributed by atoms with van der Waals surface area (Å²) in [5.41, 5.74) is 5.06. The molecule has 1 fully saturated rings. The van der Waals surface area contributed by atoms with Crippen molar-refractivity contribution in [2.45, 2.75) is 39.0 Å². The zero-order chi connectivity index (χ0) is 30.6. The molecule has 0 saturated heterocycles. The smallest absolute Gasteiger partial charge is 0.231 e. The van der Waals surface area contributed by atoms with Crippen LogP contribution in [0.5, 0.6) is 11.5 Å². The molecule has 2 aromatic carbocycles. The zero-order valence-electron chi connectivity index (χ0n) is 25.0. The molecule has 1 saturated carbocycles. The first-order valence-corrected chi connectivity index (χ1v) is 14.7. The number of nitrogens with zero attached hydrogens (tertiary/aromatic N) is 4. The minimum atomic E-state index is -0.583. The zero-order valence-corrected chi connectivity index (χ0v) is 25.0. The number of hydrogen-bond donors (Lipinski definition) is 2. The van der Waals surface area contributed by atoms with E-state index in [-0.39, 0.29) is 11.8 Å². The average molecular weight is 590 g/mol. The van der Waals surface area contributed by atoms with Crippen LogP contribution < -0.4 is 19.7 Å². The predicted octanol–water partition coefficient (Wildman–Crippen LogP) is 5.80. The summed E-state index contributed by atoms with van der Waals surface area (Å²) in [6, 6.07) is 22.0. The van der Waals surface area contributed by atoms with Crippen LogP contribution in [0, 0.1) is 5.92 Å². The fourth-order valence-electron chi connectivity index (χ4n) is 5.33. The number of anilines is 2. The summed E-state index contributed by atoms with van der Waals surface area (Å²) in [7, 11) is 3.32. The molecule has 3 aromatic heterocycles. The first-order chi connectivity index (χ1) is 21.4. The van der Waals surface area contributed by atoms with E-state index in [9.17, 15) is 9.90 Å². The summed E-state index contributed by atoms with van der Waals surface area (Å²) in [5, 5.41) is 14.4. The molecule has 0 aliphatic heterocycles. The Labute approximate surface area is 256 Å². The number of aromatic nitrogens is 3. The lowest BCUT2D eigenvalue weighted by atomic mass is 10.0. The standard InChI is InChI=1S/C35H35N5O4/c1-4-24-13-14-36-18-29(24)31-15-25-16-33(39-35(42)28-17-32(28)41)37-19-30(25)34(38-31)40(20-22-5-9-26(43-2)10-6-22)21-23-7-11-27(44-3)12-8-23/h5-16,18-19,28,32,41H,4,17,20-21H2,1-3H3,(H,37,39,42). The van der Waals surface area contributed by atoms with Gasteiger partial charge in [0.15, 0.2) is 0 Å². The Morgan fingerprint density at radius 2 is 1.59 bits per heavy atom. The van der Waals surface area contributed by atoms with Gasteiger partial charge >= 0.3 is 0 Å². The highest BCUT2D eigenvalue weighted by atomic mass is 16.5. The highest BCUT2D eigenvalue weighted by molar-refractivity contribution is 5.99. The van der Waals surface area contributed by atoms with Crippen LogP contribution in [0.3, 0.4) is 0 Å². The molecule has 5 aromatic rings. The van der Waals surface area contributed by atoms with E-state index >= 15 is 0 Å². The third-order valence-corrected chi connectivity index (χ3v) is 7.97. The van der Waals surface area contributed by atoms with Gasteiger partial charge in [-0.05, 0) is 77.4 Å². The van der Waals surface area contributed by atoms with Gasteiger partial charge in [0.1, 0.15) is 23.1 Å². The number of fused-ring (bicyclic) bond motifs is 1. The van der Waals surface area contributed by atoms with Crippen molar-refractivity contribution in [2.75, 3.05) is 24.4 Å². The molecule has 9 nitrogen and oxygen atoms in total. The Morgan fingerprint density at radius 3 is 2.16 bits per heavy atom. The predicted molar refractivity (Wildman–Crippen MR) is 171 cm³/mol. The molecule has 2 unspecified atom stereocenters. The van der Waals surface area contributed by atoms with Gasteiger partial charge in [0.05, 0.1) is 31.9 Å². The van der Waals surface area contributed by atoms with E-state index in [2.05, 4.69) is 51.4 Å². The van der Waals surface area contributed by atoms with E-state index in [1.165, 1.54) is 0 Å². The fourth-order valence-corrected chi connectivity index (χ4v) is 5.33. The second-order valence-corrected chi connectivity index (χ2v) is 11.0. The average Bonchev–Trinajstić information content (AvgIpc) is 3.81. The lowest BCUT2D eigenvalue weighted by molar-refractivity contribution is -0.118. The van der Waals surface area contributed by atoms with Crippen LogP contribution >= 0.6 is 0 Å². The monoisotopic (exact) mass is 589 g/mol. The topological polar surface area (TPSA) is 110 Å². The molecule has 3 heterocycles. The first kappa shape index (κ1) is 29.1. The van der Waals surface area contributed by atoms with Gasteiger partial charge in [-0.15, -0.1) is 0 Å². The first-order valence-electron chi connectivity index (χ1n) is 14.7. The van der Waals surface area contributed by atoms with Gasteiger partial charge in [-0.1, -0.05) is 31.2 Å². The second kappa shape index (κ2) is 12.7. The largest absolute Gasteiger partial charge is 0.497 e. The summed E-state index contributed by atoms with van der Waals surface area (Å²) in [6.45, 7) is 3.27. The number of rotatable bonds is 11. The number of aliphatic hydroxyl groups excluding tert-OH is 1. The summed E-state index contributed by atoms with van der Waals surface area (Å²) in [5.74, 6) is 2.17. The maximum absolute atomic E-state index is 12.6. The Kier molecular flexibility index (Phi) is 8.38. The van der Waals surface area contributed by atoms with Crippen LogP contribution in [0.15, 0.2) is 85.3 Å². The fraction of sp³-hybridized carbons (Fsp3) is 0.257. The number of nitrogens with one attached hydrogen (secondary N) is 1. The molecular formula is C35H35N5O4. The molecule has 44 heavy (non-hydrogen) atoms. The highest BCUT2D eigenvalue weighted by Crippen LogP contribution is 2.35. The van der Waals surface area contributed by atoms with Crippen molar-refractivity contribution in [3.63, 3.8) is 0 Å². The van der Waals surface area contributed by atoms with Crippen molar-refractivity contribution < 1.29 is 19.4 Å². The van der Waals surface area contributed by atoms with Gasteiger partial charge in [-0.3, -0.25) is 9.78 Å². The number of ether oxygens (including phenoxy) is 2. The van der Waals surface area contributed by atoms with Crippen molar-refractivity contribution in [1.82, 2.24) is 15.0 Å². The van der Waals surface area contributed by atoms with Crippen molar-refractivity contribution in [3.8, 4) is 22.8 Å². The summed E-state index contributed by atoms with van der Waals surface area (Å²) in [4.78, 5) is 29.1. The van der Waals surface area contributed by atoms with Crippen LogP contribution in [0.1, 0.15) is 30.0 Å². The molecule has 224 valence electrons. The van der Waals surface area contributed by atoms with E-state index < -0.39 is 6.10 Å². The number of pyridine rings is 3. The van der Waals surface area contributed by atoms with Gasteiger partial charge in [0.25, 0.3) is 0 Å². The Morgan fingerprint density at radius 1 is 0.955 bits per heavy atom. The number of benzene rings is 2. The molecule has 9 heteroatoms. The van der Waals surface area contributed by atoms with E-state index in [1.54, 1.807) is 26.6 Å². The van der Waals surface area contributed by atoms with Gasteiger partial charge < -0.3 is 24.8 Å². The number of methoxy groups -OCH3 is 2. The van der Waals surface area contributed by atoms with Crippen LogP contribution in [0.2, 0.25) is 0 Å². The Hall–Kier alpha value is -5.02. The van der Waals surface area contributed by atoms with Crippen molar-refractivity contribution >= 4 is 28.3 Å². The number of carbonyl (C=O) groups excluding carboxylic acids is 1. The Bertz CT molecular complexity index is 1730. The number of aliphatic hydroxyl groups is 1. The summed E-state index contributed by atoms with van der Waals surface area (Å²) >= 11 is 0. The van der Waals surface area contributed by atoms with E-state index in [1.807, 2.05) is 48.7 Å².